The summed E-state index contributed by atoms with van der Waals surface area (Å²) in [6.07, 6.45) is 7.80. The van der Waals surface area contributed by atoms with Crippen LogP contribution < -0.4 is 0 Å². The van der Waals surface area contributed by atoms with Gasteiger partial charge in [-0.3, -0.25) is 0 Å². The molecule has 0 aliphatic carbocycles. The van der Waals surface area contributed by atoms with Crippen LogP contribution >= 0.6 is 0 Å². The van der Waals surface area contributed by atoms with Gasteiger partial charge < -0.3 is 0 Å². The molecule has 0 amide bonds. The molecule has 0 aromatic heterocycles. The minimum atomic E-state index is 0.977. The molecule has 0 heteroatoms. The van der Waals surface area contributed by atoms with Crippen molar-refractivity contribution >= 4 is 0 Å². The number of hydrogen-bond acceptors (Lipinski definition) is 0. The summed E-state index contributed by atoms with van der Waals surface area (Å²) in [4.78, 5) is 0. The second kappa shape index (κ2) is 5.48. The molecule has 0 unspecified atom stereocenters. The lowest BCUT2D eigenvalue weighted by atomic mass is 10.3. The van der Waals surface area contributed by atoms with E-state index in [9.17, 15) is 0 Å². The summed E-state index contributed by atoms with van der Waals surface area (Å²) in [5, 5.41) is 0. The molecule has 0 aliphatic rings. The number of rotatable bonds is 3. The van der Waals surface area contributed by atoms with E-state index in [0.717, 1.165) is 12.8 Å². The summed E-state index contributed by atoms with van der Waals surface area (Å²) in [6.45, 7) is 7.20. The second-order valence-corrected chi connectivity index (χ2v) is 1.31. The average molecular weight is 95.2 g/mol. The minimum absolute atomic E-state index is 0.977. The summed E-state index contributed by atoms with van der Waals surface area (Å²) < 4.78 is 0. The van der Waals surface area contributed by atoms with Gasteiger partial charge in [0.2, 0.25) is 0 Å². The van der Waals surface area contributed by atoms with E-state index in [1.165, 1.54) is 0 Å². The van der Waals surface area contributed by atoms with Crippen molar-refractivity contribution in [2.24, 2.45) is 0 Å². The molecule has 0 spiro atoms. The standard InChI is InChI=1S/C7H11/c1-3-5-7-6-4-2/h3,5,7H,1-2,4,6H2/b7-5+. The highest BCUT2D eigenvalue weighted by molar-refractivity contribution is 4.96. The third-order valence-electron chi connectivity index (χ3n) is 0.643. The van der Waals surface area contributed by atoms with Crippen molar-refractivity contribution in [2.75, 3.05) is 0 Å². The maximum atomic E-state index is 3.67. The van der Waals surface area contributed by atoms with Gasteiger partial charge in [-0.1, -0.05) is 31.7 Å². The van der Waals surface area contributed by atoms with E-state index in [4.69, 9.17) is 0 Å². The zero-order chi connectivity index (χ0) is 5.54. The van der Waals surface area contributed by atoms with Gasteiger partial charge in [0.05, 0.1) is 0 Å². The van der Waals surface area contributed by atoms with Gasteiger partial charge in [0.1, 0.15) is 0 Å². The van der Waals surface area contributed by atoms with E-state index in [1.54, 1.807) is 6.08 Å². The molecule has 0 atom stereocenters. The molecular formula is C7H11. The van der Waals surface area contributed by atoms with Crippen LogP contribution in [0.2, 0.25) is 0 Å². The molecule has 7 heavy (non-hydrogen) atoms. The Balaban J connectivity index is 2.92. The molecule has 0 bridgehead atoms. The fourth-order valence-electron chi connectivity index (χ4n) is 0.310. The van der Waals surface area contributed by atoms with Crippen molar-refractivity contribution < 1.29 is 0 Å². The highest BCUT2D eigenvalue weighted by atomic mass is 13.7. The lowest BCUT2D eigenvalue weighted by Gasteiger charge is -1.77. The van der Waals surface area contributed by atoms with E-state index in [2.05, 4.69) is 19.6 Å². The molecule has 0 aliphatic heterocycles. The molecule has 1 radical (unpaired) electrons. The molecule has 0 saturated heterocycles. The number of allylic oxidation sites excluding steroid dienone is 3. The van der Waals surface area contributed by atoms with Gasteiger partial charge in [0.15, 0.2) is 0 Å². The zero-order valence-electron chi connectivity index (χ0n) is 4.56. The van der Waals surface area contributed by atoms with Crippen LogP contribution in [0.4, 0.5) is 0 Å². The Bertz CT molecular complexity index is 60.4. The summed E-state index contributed by atoms with van der Waals surface area (Å²) in [7, 11) is 0. The van der Waals surface area contributed by atoms with Crippen LogP contribution in [0.15, 0.2) is 24.8 Å². The van der Waals surface area contributed by atoms with Crippen LogP contribution in [0, 0.1) is 6.92 Å². The molecule has 0 fully saturated rings. The van der Waals surface area contributed by atoms with Crippen LogP contribution in [-0.4, -0.2) is 0 Å². The highest BCUT2D eigenvalue weighted by Gasteiger charge is 1.66. The largest absolute Gasteiger partial charge is 0.0991 e. The Morgan fingerprint density at radius 1 is 1.43 bits per heavy atom. The molecule has 0 aromatic rings. The molecular weight excluding hydrogens is 84.1 g/mol. The predicted octanol–water partition coefficient (Wildman–Crippen LogP) is 2.34. The molecule has 0 saturated carbocycles. The van der Waals surface area contributed by atoms with Crippen molar-refractivity contribution in [3.63, 3.8) is 0 Å². The van der Waals surface area contributed by atoms with E-state index in [-0.39, 0.29) is 0 Å². The lowest BCUT2D eigenvalue weighted by molar-refractivity contribution is 1.05. The minimum Gasteiger partial charge on any atom is -0.0991 e. The number of hydrogen-bond donors (Lipinski definition) is 0. The Morgan fingerprint density at radius 3 is 2.57 bits per heavy atom. The van der Waals surface area contributed by atoms with Crippen LogP contribution in [0.25, 0.3) is 0 Å². The first-order chi connectivity index (χ1) is 3.41. The van der Waals surface area contributed by atoms with Crippen molar-refractivity contribution in [2.45, 2.75) is 12.8 Å². The molecule has 0 N–H and O–H groups in total. The first-order valence-electron chi connectivity index (χ1n) is 2.48. The predicted molar refractivity (Wildman–Crippen MR) is 33.9 cm³/mol. The third-order valence-corrected chi connectivity index (χ3v) is 0.643. The van der Waals surface area contributed by atoms with Crippen molar-refractivity contribution in [3.05, 3.63) is 31.7 Å². The smallest absolute Gasteiger partial charge is 0.0348 e. The second-order valence-electron chi connectivity index (χ2n) is 1.31. The van der Waals surface area contributed by atoms with Gasteiger partial charge in [0.25, 0.3) is 0 Å². The highest BCUT2D eigenvalue weighted by Crippen LogP contribution is 1.86. The van der Waals surface area contributed by atoms with Crippen molar-refractivity contribution in [1.82, 2.24) is 0 Å². The molecule has 0 heterocycles. The van der Waals surface area contributed by atoms with E-state index in [0.29, 0.717) is 0 Å². The first-order valence-corrected chi connectivity index (χ1v) is 2.48. The molecule has 0 rings (SSSR count). The topological polar surface area (TPSA) is 0 Å². The Hall–Kier alpha value is -0.520. The van der Waals surface area contributed by atoms with E-state index in [1.807, 2.05) is 6.08 Å². The Labute approximate surface area is 45.5 Å². The first kappa shape index (κ1) is 6.48. The quantitative estimate of drug-likeness (QED) is 0.472. The van der Waals surface area contributed by atoms with Crippen LogP contribution in [0.1, 0.15) is 12.8 Å². The van der Waals surface area contributed by atoms with Crippen LogP contribution in [0.5, 0.6) is 0 Å². The SMILES string of the molecule is [CH2]CC/C=C/C=C. The maximum absolute atomic E-state index is 3.67. The normalized spacial score (nSPS) is 9.86. The summed E-state index contributed by atoms with van der Waals surface area (Å²) in [5.74, 6) is 0. The summed E-state index contributed by atoms with van der Waals surface area (Å²) >= 11 is 0. The fourth-order valence-corrected chi connectivity index (χ4v) is 0.310. The molecule has 39 valence electrons. The van der Waals surface area contributed by atoms with E-state index >= 15 is 0 Å². The Kier molecular flexibility index (Phi) is 5.07. The zero-order valence-corrected chi connectivity index (χ0v) is 4.56. The van der Waals surface area contributed by atoms with Crippen LogP contribution in [0.3, 0.4) is 0 Å². The van der Waals surface area contributed by atoms with E-state index < -0.39 is 0 Å². The van der Waals surface area contributed by atoms with Crippen LogP contribution in [-0.2, 0) is 0 Å². The monoisotopic (exact) mass is 95.1 g/mol. The maximum Gasteiger partial charge on any atom is -0.0348 e. The van der Waals surface area contributed by atoms with Gasteiger partial charge in [-0.05, 0) is 12.8 Å². The van der Waals surface area contributed by atoms with Gasteiger partial charge in [-0.15, -0.1) is 0 Å². The van der Waals surface area contributed by atoms with Crippen molar-refractivity contribution in [1.29, 1.82) is 0 Å². The average Bonchev–Trinajstić information content (AvgIpc) is 1.69. The summed E-state index contributed by atoms with van der Waals surface area (Å²) in [6, 6.07) is 0. The third kappa shape index (κ3) is 5.48. The Morgan fingerprint density at radius 2 is 2.14 bits per heavy atom. The lowest BCUT2D eigenvalue weighted by Crippen LogP contribution is -1.57. The number of unbranched alkanes of at least 4 members (excludes halogenated alkanes) is 1. The molecule has 0 aromatic carbocycles. The van der Waals surface area contributed by atoms with Gasteiger partial charge in [-0.25, -0.2) is 0 Å². The summed E-state index contributed by atoms with van der Waals surface area (Å²) in [5.41, 5.74) is 0. The van der Waals surface area contributed by atoms with Gasteiger partial charge >= 0.3 is 0 Å². The van der Waals surface area contributed by atoms with Crippen molar-refractivity contribution in [3.8, 4) is 0 Å². The molecule has 0 nitrogen and oxygen atoms in total. The van der Waals surface area contributed by atoms with Gasteiger partial charge in [-0.2, -0.15) is 0 Å². The van der Waals surface area contributed by atoms with Gasteiger partial charge in [0, 0.05) is 0 Å². The fraction of sp³-hybridized carbons (Fsp3) is 0.286.